The van der Waals surface area contributed by atoms with Gasteiger partial charge in [-0.1, -0.05) is 19.8 Å². The summed E-state index contributed by atoms with van der Waals surface area (Å²) in [5.41, 5.74) is 1.14. The summed E-state index contributed by atoms with van der Waals surface area (Å²) in [6, 6.07) is 0. The van der Waals surface area contributed by atoms with E-state index in [-0.39, 0.29) is 0 Å². The van der Waals surface area contributed by atoms with Gasteiger partial charge in [-0.2, -0.15) is 0 Å². The van der Waals surface area contributed by atoms with Gasteiger partial charge in [0.2, 0.25) is 0 Å². The lowest BCUT2D eigenvalue weighted by molar-refractivity contribution is 0.492. The van der Waals surface area contributed by atoms with E-state index in [1.165, 1.54) is 19.3 Å². The monoisotopic (exact) mass is 167 g/mol. The Labute approximate surface area is 74.0 Å². The first-order valence-corrected chi connectivity index (χ1v) is 4.67. The summed E-state index contributed by atoms with van der Waals surface area (Å²) in [7, 11) is 0. The smallest absolute Gasteiger partial charge is 0.191 e. The molecule has 0 radical (unpaired) electrons. The molecule has 1 aromatic heterocycles. The third-order valence-corrected chi connectivity index (χ3v) is 2.02. The second kappa shape index (κ2) is 4.29. The van der Waals surface area contributed by atoms with Gasteiger partial charge in [0.15, 0.2) is 5.89 Å². The van der Waals surface area contributed by atoms with E-state index in [1.807, 2.05) is 13.8 Å². The van der Waals surface area contributed by atoms with Crippen LogP contribution < -0.4 is 0 Å². The predicted octanol–water partition coefficient (Wildman–Crippen LogP) is 3.02. The van der Waals surface area contributed by atoms with E-state index in [0.717, 1.165) is 23.8 Å². The maximum Gasteiger partial charge on any atom is 0.191 e. The van der Waals surface area contributed by atoms with Gasteiger partial charge >= 0.3 is 0 Å². The molecule has 0 atom stereocenters. The van der Waals surface area contributed by atoms with E-state index >= 15 is 0 Å². The normalized spacial score (nSPS) is 10.6. The van der Waals surface area contributed by atoms with Gasteiger partial charge in [-0.3, -0.25) is 0 Å². The molecular formula is C10H17NO. The lowest BCUT2D eigenvalue weighted by atomic mass is 10.1. The molecule has 0 unspecified atom stereocenters. The zero-order chi connectivity index (χ0) is 8.97. The second-order valence-electron chi connectivity index (χ2n) is 3.19. The number of nitrogens with zero attached hydrogens (tertiary/aromatic N) is 1. The van der Waals surface area contributed by atoms with Crippen LogP contribution in [0.25, 0.3) is 0 Å². The lowest BCUT2D eigenvalue weighted by Gasteiger charge is -1.94. The Kier molecular flexibility index (Phi) is 3.32. The average Bonchev–Trinajstić information content (AvgIpc) is 2.31. The van der Waals surface area contributed by atoms with Crippen LogP contribution >= 0.6 is 0 Å². The summed E-state index contributed by atoms with van der Waals surface area (Å²) in [5, 5.41) is 0. The van der Waals surface area contributed by atoms with Gasteiger partial charge in [0.05, 0.1) is 5.69 Å². The molecule has 0 saturated carbocycles. The van der Waals surface area contributed by atoms with Crippen LogP contribution in [0.5, 0.6) is 0 Å². The number of rotatable bonds is 4. The van der Waals surface area contributed by atoms with E-state index in [0.29, 0.717) is 0 Å². The molecule has 12 heavy (non-hydrogen) atoms. The average molecular weight is 167 g/mol. The first-order chi connectivity index (χ1) is 5.74. The summed E-state index contributed by atoms with van der Waals surface area (Å²) in [4.78, 5) is 4.32. The molecule has 68 valence electrons. The number of aromatic nitrogens is 1. The van der Waals surface area contributed by atoms with Gasteiger partial charge in [-0.15, -0.1) is 0 Å². The summed E-state index contributed by atoms with van der Waals surface area (Å²) < 4.78 is 5.33. The van der Waals surface area contributed by atoms with Crippen molar-refractivity contribution >= 4 is 0 Å². The predicted molar refractivity (Wildman–Crippen MR) is 49.2 cm³/mol. The van der Waals surface area contributed by atoms with Crippen molar-refractivity contribution in [3.63, 3.8) is 0 Å². The first-order valence-electron chi connectivity index (χ1n) is 4.67. The fourth-order valence-corrected chi connectivity index (χ4v) is 1.35. The minimum atomic E-state index is 0.791. The van der Waals surface area contributed by atoms with E-state index in [1.54, 1.807) is 0 Å². The van der Waals surface area contributed by atoms with Crippen LogP contribution in [-0.4, -0.2) is 4.98 Å². The zero-order valence-electron chi connectivity index (χ0n) is 8.18. The molecule has 1 aromatic rings. The van der Waals surface area contributed by atoms with Crippen LogP contribution in [0.15, 0.2) is 4.42 Å². The minimum absolute atomic E-state index is 0.791. The maximum absolute atomic E-state index is 5.33. The van der Waals surface area contributed by atoms with E-state index in [4.69, 9.17) is 4.42 Å². The van der Waals surface area contributed by atoms with E-state index in [2.05, 4.69) is 11.9 Å². The molecule has 0 aromatic carbocycles. The van der Waals surface area contributed by atoms with Crippen molar-refractivity contribution in [1.29, 1.82) is 0 Å². The number of aryl methyl sites for hydroxylation is 3. The quantitative estimate of drug-likeness (QED) is 0.644. The topological polar surface area (TPSA) is 26.0 Å². The molecule has 0 amide bonds. The molecule has 0 aliphatic carbocycles. The molecular weight excluding hydrogens is 150 g/mol. The van der Waals surface area contributed by atoms with Crippen molar-refractivity contribution in [3.05, 3.63) is 17.3 Å². The summed E-state index contributed by atoms with van der Waals surface area (Å²) in [5.74, 6) is 1.78. The Morgan fingerprint density at radius 1 is 1.25 bits per heavy atom. The highest BCUT2D eigenvalue weighted by Crippen LogP contribution is 2.12. The Morgan fingerprint density at radius 2 is 2.00 bits per heavy atom. The highest BCUT2D eigenvalue weighted by Gasteiger charge is 2.04. The zero-order valence-corrected chi connectivity index (χ0v) is 8.18. The van der Waals surface area contributed by atoms with Gasteiger partial charge in [-0.05, 0) is 19.8 Å². The molecule has 2 nitrogen and oxygen atoms in total. The Hall–Kier alpha value is -0.790. The van der Waals surface area contributed by atoms with E-state index < -0.39 is 0 Å². The van der Waals surface area contributed by atoms with Crippen LogP contribution in [0.4, 0.5) is 0 Å². The van der Waals surface area contributed by atoms with Crippen LogP contribution in [0, 0.1) is 13.8 Å². The number of hydrogen-bond acceptors (Lipinski definition) is 2. The molecule has 0 aliphatic heterocycles. The molecule has 0 saturated heterocycles. The van der Waals surface area contributed by atoms with Crippen molar-refractivity contribution < 1.29 is 4.42 Å². The molecule has 0 fully saturated rings. The Morgan fingerprint density at radius 3 is 2.50 bits per heavy atom. The molecule has 1 heterocycles. The molecule has 0 aliphatic rings. The molecule has 1 rings (SSSR count). The number of unbranched alkanes of at least 4 members (excludes halogenated alkanes) is 2. The highest BCUT2D eigenvalue weighted by molar-refractivity contribution is 5.07. The summed E-state index contributed by atoms with van der Waals surface area (Å²) in [6.07, 6.45) is 4.83. The maximum atomic E-state index is 5.33. The van der Waals surface area contributed by atoms with Crippen LogP contribution in [0.1, 0.15) is 43.5 Å². The largest absolute Gasteiger partial charge is 0.446 e. The molecule has 0 N–H and O–H groups in total. The standard InChI is InChI=1S/C10H17NO/c1-4-5-6-7-10-8(2)12-9(3)11-10/h4-7H2,1-3H3. The van der Waals surface area contributed by atoms with Crippen molar-refractivity contribution in [2.45, 2.75) is 46.5 Å². The SMILES string of the molecule is CCCCCc1nc(C)oc1C. The first kappa shape index (κ1) is 9.30. The minimum Gasteiger partial charge on any atom is -0.446 e. The Balaban J connectivity index is 2.45. The van der Waals surface area contributed by atoms with Crippen LogP contribution in [0.2, 0.25) is 0 Å². The van der Waals surface area contributed by atoms with Crippen molar-refractivity contribution in [1.82, 2.24) is 4.98 Å². The van der Waals surface area contributed by atoms with Gasteiger partial charge in [0, 0.05) is 6.92 Å². The van der Waals surface area contributed by atoms with Gasteiger partial charge in [-0.25, -0.2) is 4.98 Å². The molecule has 0 spiro atoms. The lowest BCUT2D eigenvalue weighted by Crippen LogP contribution is -1.88. The fraction of sp³-hybridized carbons (Fsp3) is 0.700. The van der Waals surface area contributed by atoms with Gasteiger partial charge < -0.3 is 4.42 Å². The fourth-order valence-electron chi connectivity index (χ4n) is 1.35. The summed E-state index contributed by atoms with van der Waals surface area (Å²) >= 11 is 0. The molecule has 0 bridgehead atoms. The van der Waals surface area contributed by atoms with Crippen molar-refractivity contribution in [2.75, 3.05) is 0 Å². The number of hydrogen-bond donors (Lipinski definition) is 0. The third kappa shape index (κ3) is 2.36. The van der Waals surface area contributed by atoms with E-state index in [9.17, 15) is 0 Å². The molecule has 2 heteroatoms. The number of oxazole rings is 1. The van der Waals surface area contributed by atoms with Crippen LogP contribution in [0.3, 0.4) is 0 Å². The highest BCUT2D eigenvalue weighted by atomic mass is 16.4. The Bertz CT molecular complexity index is 240. The third-order valence-electron chi connectivity index (χ3n) is 2.02. The second-order valence-corrected chi connectivity index (χ2v) is 3.19. The summed E-state index contributed by atoms with van der Waals surface area (Å²) in [6.45, 7) is 6.10. The van der Waals surface area contributed by atoms with Gasteiger partial charge in [0.1, 0.15) is 5.76 Å². The van der Waals surface area contributed by atoms with Gasteiger partial charge in [0.25, 0.3) is 0 Å². The van der Waals surface area contributed by atoms with Crippen LogP contribution in [-0.2, 0) is 6.42 Å². The van der Waals surface area contributed by atoms with Crippen molar-refractivity contribution in [2.24, 2.45) is 0 Å². The van der Waals surface area contributed by atoms with Crippen molar-refractivity contribution in [3.8, 4) is 0 Å².